The number of anilines is 1. The Morgan fingerprint density at radius 1 is 1.07 bits per heavy atom. The van der Waals surface area contributed by atoms with Crippen molar-refractivity contribution < 1.29 is 9.18 Å². The van der Waals surface area contributed by atoms with E-state index in [2.05, 4.69) is 25.5 Å². The molecule has 0 aliphatic rings. The number of hydrogen-bond donors (Lipinski definition) is 1. The highest BCUT2D eigenvalue weighted by molar-refractivity contribution is 6.04. The van der Waals surface area contributed by atoms with Gasteiger partial charge in [0.1, 0.15) is 18.5 Å². The number of carbonyl (C=O) groups is 1. The summed E-state index contributed by atoms with van der Waals surface area (Å²) in [5.74, 6) is -0.0506. The summed E-state index contributed by atoms with van der Waals surface area (Å²) in [4.78, 5) is 20.7. The van der Waals surface area contributed by atoms with E-state index in [1.165, 1.54) is 41.9 Å². The van der Waals surface area contributed by atoms with E-state index in [-0.39, 0.29) is 11.7 Å². The van der Waals surface area contributed by atoms with Crippen LogP contribution in [-0.4, -0.2) is 35.4 Å². The fourth-order valence-electron chi connectivity index (χ4n) is 2.60. The van der Waals surface area contributed by atoms with Crippen LogP contribution in [0.4, 0.5) is 10.1 Å². The molecule has 1 amide bonds. The zero-order valence-corrected chi connectivity index (χ0v) is 14.2. The summed E-state index contributed by atoms with van der Waals surface area (Å²) in [5, 5.41) is 11.0. The molecule has 4 rings (SSSR count). The Hall–Kier alpha value is -3.88. The van der Waals surface area contributed by atoms with Gasteiger partial charge in [-0.25, -0.2) is 23.7 Å². The van der Waals surface area contributed by atoms with Crippen molar-refractivity contribution in [1.29, 1.82) is 0 Å². The SMILES string of the molecule is Cc1c(C(=O)Nc2ccc(-n3cncn3)nc2)cnn1-c1ccc(F)cc1. The molecule has 134 valence electrons. The molecule has 0 aliphatic carbocycles. The summed E-state index contributed by atoms with van der Waals surface area (Å²) in [6.45, 7) is 1.78. The number of hydrogen-bond acceptors (Lipinski definition) is 5. The second-order valence-corrected chi connectivity index (χ2v) is 5.73. The molecule has 0 aliphatic heterocycles. The quantitative estimate of drug-likeness (QED) is 0.602. The first-order chi connectivity index (χ1) is 13.1. The van der Waals surface area contributed by atoms with Crippen molar-refractivity contribution in [3.63, 3.8) is 0 Å². The number of rotatable bonds is 4. The number of aromatic nitrogens is 6. The molecule has 3 aromatic heterocycles. The second-order valence-electron chi connectivity index (χ2n) is 5.73. The van der Waals surface area contributed by atoms with Gasteiger partial charge in [-0.2, -0.15) is 10.2 Å². The van der Waals surface area contributed by atoms with Crippen LogP contribution < -0.4 is 5.32 Å². The van der Waals surface area contributed by atoms with Crippen LogP contribution in [-0.2, 0) is 0 Å². The van der Waals surface area contributed by atoms with E-state index in [0.29, 0.717) is 28.5 Å². The Morgan fingerprint density at radius 3 is 2.56 bits per heavy atom. The second kappa shape index (κ2) is 6.79. The fourth-order valence-corrected chi connectivity index (χ4v) is 2.60. The largest absolute Gasteiger partial charge is 0.320 e. The summed E-state index contributed by atoms with van der Waals surface area (Å²) in [6.07, 6.45) is 5.96. The van der Waals surface area contributed by atoms with Gasteiger partial charge in [0.25, 0.3) is 5.91 Å². The van der Waals surface area contributed by atoms with Gasteiger partial charge in [0.05, 0.1) is 35.0 Å². The predicted molar refractivity (Wildman–Crippen MR) is 95.4 cm³/mol. The highest BCUT2D eigenvalue weighted by Gasteiger charge is 2.15. The lowest BCUT2D eigenvalue weighted by molar-refractivity contribution is 0.102. The number of nitrogens with one attached hydrogen (secondary N) is 1. The summed E-state index contributed by atoms with van der Waals surface area (Å²) >= 11 is 0. The molecule has 0 unspecified atom stereocenters. The molecule has 0 fully saturated rings. The minimum absolute atomic E-state index is 0.309. The highest BCUT2D eigenvalue weighted by Crippen LogP contribution is 2.17. The number of pyridine rings is 1. The van der Waals surface area contributed by atoms with Gasteiger partial charge in [0.15, 0.2) is 5.82 Å². The first-order valence-corrected chi connectivity index (χ1v) is 8.05. The van der Waals surface area contributed by atoms with Gasteiger partial charge in [0, 0.05) is 0 Å². The molecule has 1 N–H and O–H groups in total. The lowest BCUT2D eigenvalue weighted by Gasteiger charge is -2.07. The number of nitrogens with zero attached hydrogens (tertiary/aromatic N) is 6. The monoisotopic (exact) mass is 363 g/mol. The molecule has 9 heteroatoms. The maximum atomic E-state index is 13.1. The van der Waals surface area contributed by atoms with Gasteiger partial charge in [0.2, 0.25) is 0 Å². The van der Waals surface area contributed by atoms with E-state index in [9.17, 15) is 9.18 Å². The standard InChI is InChI=1S/C18H14FN7O/c1-12-16(9-22-26(12)15-5-2-13(19)3-6-15)18(27)24-14-4-7-17(21-8-14)25-11-20-10-23-25/h2-11H,1H3,(H,24,27). The van der Waals surface area contributed by atoms with Crippen LogP contribution in [0.15, 0.2) is 61.4 Å². The molecule has 3 heterocycles. The first kappa shape index (κ1) is 16.6. The fraction of sp³-hybridized carbons (Fsp3) is 0.0556. The van der Waals surface area contributed by atoms with Crippen LogP contribution in [0.5, 0.6) is 0 Å². The Bertz CT molecular complexity index is 1070. The Morgan fingerprint density at radius 2 is 1.89 bits per heavy atom. The van der Waals surface area contributed by atoms with Crippen molar-refractivity contribution in [2.45, 2.75) is 6.92 Å². The van der Waals surface area contributed by atoms with Gasteiger partial charge < -0.3 is 5.32 Å². The molecule has 27 heavy (non-hydrogen) atoms. The minimum atomic E-state index is -0.330. The van der Waals surface area contributed by atoms with Crippen LogP contribution in [0.1, 0.15) is 16.1 Å². The Balaban J connectivity index is 1.52. The number of benzene rings is 1. The molecular formula is C18H14FN7O. The van der Waals surface area contributed by atoms with E-state index in [0.717, 1.165) is 0 Å². The zero-order valence-electron chi connectivity index (χ0n) is 14.2. The number of amides is 1. The van der Waals surface area contributed by atoms with E-state index in [1.54, 1.807) is 35.9 Å². The lowest BCUT2D eigenvalue weighted by Crippen LogP contribution is -2.13. The summed E-state index contributed by atoms with van der Waals surface area (Å²) in [6, 6.07) is 9.34. The van der Waals surface area contributed by atoms with Crippen molar-refractivity contribution in [2.75, 3.05) is 5.32 Å². The number of carbonyl (C=O) groups excluding carboxylic acids is 1. The smallest absolute Gasteiger partial charge is 0.259 e. The topological polar surface area (TPSA) is 90.5 Å². The summed E-state index contributed by atoms with van der Waals surface area (Å²) in [7, 11) is 0. The van der Waals surface area contributed by atoms with Gasteiger partial charge >= 0.3 is 0 Å². The normalized spacial score (nSPS) is 10.7. The molecule has 0 saturated carbocycles. The molecule has 8 nitrogen and oxygen atoms in total. The van der Waals surface area contributed by atoms with E-state index in [1.807, 2.05) is 0 Å². The summed E-state index contributed by atoms with van der Waals surface area (Å²) < 4.78 is 16.2. The van der Waals surface area contributed by atoms with E-state index >= 15 is 0 Å². The van der Waals surface area contributed by atoms with Crippen molar-refractivity contribution in [3.8, 4) is 11.5 Å². The maximum absolute atomic E-state index is 13.1. The highest BCUT2D eigenvalue weighted by atomic mass is 19.1. The molecule has 4 aromatic rings. The molecule has 0 radical (unpaired) electrons. The Kier molecular flexibility index (Phi) is 4.17. The maximum Gasteiger partial charge on any atom is 0.259 e. The van der Waals surface area contributed by atoms with Crippen molar-refractivity contribution in [1.82, 2.24) is 29.5 Å². The van der Waals surface area contributed by atoms with Crippen LogP contribution in [0.25, 0.3) is 11.5 Å². The average molecular weight is 363 g/mol. The summed E-state index contributed by atoms with van der Waals surface area (Å²) in [5.41, 5.74) is 2.27. The average Bonchev–Trinajstić information content (AvgIpc) is 3.33. The molecular weight excluding hydrogens is 349 g/mol. The minimum Gasteiger partial charge on any atom is -0.320 e. The van der Waals surface area contributed by atoms with Crippen LogP contribution in [0, 0.1) is 12.7 Å². The molecule has 0 atom stereocenters. The molecule has 0 spiro atoms. The van der Waals surface area contributed by atoms with Gasteiger partial charge in [-0.05, 0) is 43.3 Å². The Labute approximate surface area is 153 Å². The first-order valence-electron chi connectivity index (χ1n) is 8.05. The lowest BCUT2D eigenvalue weighted by atomic mass is 10.2. The van der Waals surface area contributed by atoms with E-state index in [4.69, 9.17) is 0 Å². The van der Waals surface area contributed by atoms with Crippen LogP contribution in [0.2, 0.25) is 0 Å². The van der Waals surface area contributed by atoms with E-state index < -0.39 is 0 Å². The molecule has 0 saturated heterocycles. The molecule has 1 aromatic carbocycles. The van der Waals surface area contributed by atoms with Gasteiger partial charge in [-0.1, -0.05) is 0 Å². The third-order valence-electron chi connectivity index (χ3n) is 3.98. The van der Waals surface area contributed by atoms with Gasteiger partial charge in [-0.15, -0.1) is 0 Å². The third-order valence-corrected chi connectivity index (χ3v) is 3.98. The predicted octanol–water partition coefficient (Wildman–Crippen LogP) is 2.55. The van der Waals surface area contributed by atoms with Crippen LogP contribution in [0.3, 0.4) is 0 Å². The molecule has 0 bridgehead atoms. The van der Waals surface area contributed by atoms with Crippen molar-refractivity contribution in [2.24, 2.45) is 0 Å². The number of halogens is 1. The van der Waals surface area contributed by atoms with Crippen molar-refractivity contribution in [3.05, 3.63) is 78.5 Å². The van der Waals surface area contributed by atoms with Gasteiger partial charge in [-0.3, -0.25) is 4.79 Å². The zero-order chi connectivity index (χ0) is 18.8. The van der Waals surface area contributed by atoms with Crippen molar-refractivity contribution >= 4 is 11.6 Å². The van der Waals surface area contributed by atoms with Crippen LogP contribution >= 0.6 is 0 Å². The third kappa shape index (κ3) is 3.30.